The van der Waals surface area contributed by atoms with Crippen LogP contribution in [0.2, 0.25) is 0 Å². The Morgan fingerprint density at radius 2 is 1.18 bits per heavy atom. The van der Waals surface area contributed by atoms with Crippen molar-refractivity contribution in [2.45, 2.75) is 9.79 Å². The van der Waals surface area contributed by atoms with Crippen LogP contribution in [0, 0.1) is 0 Å². The van der Waals surface area contributed by atoms with Crippen molar-refractivity contribution >= 4 is 34.6 Å². The standard InChI is InChI=1S/C30H20N2OS/c33-30(25-7-5-6-20-31-25)23-14-12-21(13-15-23)22-16-18-24(19-17-22)32-26-8-1-3-10-28(26)34-29-11-4-2-9-27(29)32/h1-20H. The lowest BCUT2D eigenvalue weighted by atomic mass is 10.0. The van der Waals surface area contributed by atoms with E-state index in [4.69, 9.17) is 0 Å². The van der Waals surface area contributed by atoms with Crippen molar-refractivity contribution in [3.63, 3.8) is 0 Å². The summed E-state index contributed by atoms with van der Waals surface area (Å²) in [4.78, 5) is 21.6. The van der Waals surface area contributed by atoms with Crippen LogP contribution in [0.3, 0.4) is 0 Å². The zero-order valence-corrected chi connectivity index (χ0v) is 19.1. The minimum absolute atomic E-state index is 0.0669. The zero-order chi connectivity index (χ0) is 22.9. The van der Waals surface area contributed by atoms with Gasteiger partial charge in [0.1, 0.15) is 5.69 Å². The van der Waals surface area contributed by atoms with Gasteiger partial charge in [-0.15, -0.1) is 0 Å². The summed E-state index contributed by atoms with van der Waals surface area (Å²) in [5, 5.41) is 0. The number of hydrogen-bond donors (Lipinski definition) is 0. The lowest BCUT2D eigenvalue weighted by Gasteiger charge is -2.32. The average molecular weight is 457 g/mol. The van der Waals surface area contributed by atoms with Crippen LogP contribution >= 0.6 is 11.8 Å². The van der Waals surface area contributed by atoms with Gasteiger partial charge in [0, 0.05) is 27.2 Å². The van der Waals surface area contributed by atoms with E-state index in [1.807, 2.05) is 48.2 Å². The number of hydrogen-bond acceptors (Lipinski definition) is 4. The van der Waals surface area contributed by atoms with E-state index < -0.39 is 0 Å². The van der Waals surface area contributed by atoms with Crippen LogP contribution in [0.5, 0.6) is 0 Å². The molecule has 1 aliphatic rings. The summed E-state index contributed by atoms with van der Waals surface area (Å²) in [6.45, 7) is 0. The van der Waals surface area contributed by atoms with E-state index in [-0.39, 0.29) is 5.78 Å². The summed E-state index contributed by atoms with van der Waals surface area (Å²) >= 11 is 1.81. The fraction of sp³-hybridized carbons (Fsp3) is 0. The maximum Gasteiger partial charge on any atom is 0.211 e. The monoisotopic (exact) mass is 456 g/mol. The van der Waals surface area contributed by atoms with Crippen molar-refractivity contribution in [2.75, 3.05) is 4.90 Å². The molecule has 0 N–H and O–H groups in total. The van der Waals surface area contributed by atoms with Gasteiger partial charge in [0.05, 0.1) is 11.4 Å². The summed E-state index contributed by atoms with van der Waals surface area (Å²) in [6, 6.07) is 38.7. The smallest absolute Gasteiger partial charge is 0.211 e. The average Bonchev–Trinajstić information content (AvgIpc) is 2.92. The molecule has 34 heavy (non-hydrogen) atoms. The maximum absolute atomic E-state index is 12.6. The first kappa shape index (κ1) is 20.5. The van der Waals surface area contributed by atoms with Gasteiger partial charge in [-0.3, -0.25) is 9.78 Å². The fourth-order valence-electron chi connectivity index (χ4n) is 4.24. The molecule has 0 unspecified atom stereocenters. The first-order chi connectivity index (χ1) is 16.8. The number of nitrogens with zero attached hydrogens (tertiary/aromatic N) is 2. The number of ketones is 1. The molecule has 5 aromatic rings. The molecule has 0 radical (unpaired) electrons. The molecule has 1 aliphatic heterocycles. The molecule has 0 amide bonds. The summed E-state index contributed by atoms with van der Waals surface area (Å²) < 4.78 is 0. The number of aromatic nitrogens is 1. The minimum Gasteiger partial charge on any atom is -0.308 e. The van der Waals surface area contributed by atoms with Crippen molar-refractivity contribution < 1.29 is 4.79 Å². The first-order valence-electron chi connectivity index (χ1n) is 11.1. The molecular weight excluding hydrogens is 436 g/mol. The SMILES string of the molecule is O=C(c1ccc(-c2ccc(N3c4ccccc4Sc4ccccc43)cc2)cc1)c1ccccn1. The Balaban J connectivity index is 1.31. The number of pyridine rings is 1. The van der Waals surface area contributed by atoms with E-state index in [0.717, 1.165) is 16.8 Å². The van der Waals surface area contributed by atoms with Gasteiger partial charge in [0.2, 0.25) is 5.78 Å². The molecule has 0 fully saturated rings. The third kappa shape index (κ3) is 3.68. The molecule has 4 heteroatoms. The highest BCUT2D eigenvalue weighted by Crippen LogP contribution is 2.51. The molecule has 4 aromatic carbocycles. The van der Waals surface area contributed by atoms with Crippen LogP contribution in [0.15, 0.2) is 131 Å². The molecule has 6 rings (SSSR count). The number of rotatable bonds is 4. The second-order valence-corrected chi connectivity index (χ2v) is 9.13. The zero-order valence-electron chi connectivity index (χ0n) is 18.3. The van der Waals surface area contributed by atoms with Crippen LogP contribution in [0.25, 0.3) is 11.1 Å². The van der Waals surface area contributed by atoms with Gasteiger partial charge in [-0.05, 0) is 59.7 Å². The number of carbonyl (C=O) groups excluding carboxylic acids is 1. The predicted octanol–water partition coefficient (Wildman–Crippen LogP) is 7.91. The van der Waals surface area contributed by atoms with E-state index in [0.29, 0.717) is 11.3 Å². The number of fused-ring (bicyclic) bond motifs is 2. The molecule has 3 nitrogen and oxygen atoms in total. The lowest BCUT2D eigenvalue weighted by Crippen LogP contribution is -2.14. The highest BCUT2D eigenvalue weighted by Gasteiger charge is 2.24. The molecule has 0 bridgehead atoms. The van der Waals surface area contributed by atoms with Crippen LogP contribution in [0.4, 0.5) is 17.1 Å². The summed E-state index contributed by atoms with van der Waals surface area (Å²) in [6.07, 6.45) is 1.64. The third-order valence-corrected chi connectivity index (χ3v) is 7.07. The molecule has 1 aromatic heterocycles. The van der Waals surface area contributed by atoms with Gasteiger partial charge in [-0.1, -0.05) is 78.5 Å². The maximum atomic E-state index is 12.6. The summed E-state index contributed by atoms with van der Waals surface area (Å²) in [7, 11) is 0. The summed E-state index contributed by atoms with van der Waals surface area (Å²) in [5.41, 5.74) is 6.77. The highest BCUT2D eigenvalue weighted by molar-refractivity contribution is 7.99. The Morgan fingerprint density at radius 1 is 0.618 bits per heavy atom. The molecule has 0 aliphatic carbocycles. The highest BCUT2D eigenvalue weighted by atomic mass is 32.2. The van der Waals surface area contributed by atoms with Gasteiger partial charge >= 0.3 is 0 Å². The topological polar surface area (TPSA) is 33.2 Å². The third-order valence-electron chi connectivity index (χ3n) is 5.94. The molecule has 0 spiro atoms. The van der Waals surface area contributed by atoms with Crippen molar-refractivity contribution in [2.24, 2.45) is 0 Å². The van der Waals surface area contributed by atoms with E-state index in [1.165, 1.54) is 21.2 Å². The fourth-order valence-corrected chi connectivity index (χ4v) is 5.30. The van der Waals surface area contributed by atoms with Gasteiger partial charge < -0.3 is 4.90 Å². The van der Waals surface area contributed by atoms with Crippen molar-refractivity contribution in [1.82, 2.24) is 4.98 Å². The molecule has 0 saturated carbocycles. The van der Waals surface area contributed by atoms with Gasteiger partial charge in [0.15, 0.2) is 0 Å². The van der Waals surface area contributed by atoms with Crippen LogP contribution in [-0.4, -0.2) is 10.8 Å². The van der Waals surface area contributed by atoms with Crippen LogP contribution < -0.4 is 4.90 Å². The van der Waals surface area contributed by atoms with E-state index in [1.54, 1.807) is 12.3 Å². The van der Waals surface area contributed by atoms with Crippen LogP contribution in [0.1, 0.15) is 16.1 Å². The quantitative estimate of drug-likeness (QED) is 0.252. The first-order valence-corrected chi connectivity index (χ1v) is 11.9. The predicted molar refractivity (Wildman–Crippen MR) is 138 cm³/mol. The van der Waals surface area contributed by atoms with E-state index in [2.05, 4.69) is 82.7 Å². The van der Waals surface area contributed by atoms with Crippen molar-refractivity contribution in [3.8, 4) is 11.1 Å². The number of benzene rings is 4. The molecule has 2 heterocycles. The Bertz CT molecular complexity index is 1430. The minimum atomic E-state index is -0.0669. The Morgan fingerprint density at radius 3 is 1.76 bits per heavy atom. The number of para-hydroxylation sites is 2. The Labute approximate surface area is 202 Å². The summed E-state index contributed by atoms with van der Waals surface area (Å²) in [5.74, 6) is -0.0669. The number of carbonyl (C=O) groups is 1. The Hall–Kier alpha value is -4.15. The van der Waals surface area contributed by atoms with E-state index >= 15 is 0 Å². The second-order valence-electron chi connectivity index (χ2n) is 8.04. The lowest BCUT2D eigenvalue weighted by molar-refractivity contribution is 0.103. The van der Waals surface area contributed by atoms with Gasteiger partial charge in [-0.2, -0.15) is 0 Å². The van der Waals surface area contributed by atoms with Crippen molar-refractivity contribution in [1.29, 1.82) is 0 Å². The largest absolute Gasteiger partial charge is 0.308 e. The molecule has 0 saturated heterocycles. The Kier molecular flexibility index (Phi) is 5.21. The normalized spacial score (nSPS) is 12.1. The van der Waals surface area contributed by atoms with E-state index in [9.17, 15) is 4.79 Å². The van der Waals surface area contributed by atoms with Gasteiger partial charge in [-0.25, -0.2) is 0 Å². The molecule has 162 valence electrons. The molecule has 0 atom stereocenters. The second kappa shape index (κ2) is 8.65. The van der Waals surface area contributed by atoms with Gasteiger partial charge in [0.25, 0.3) is 0 Å². The van der Waals surface area contributed by atoms with Crippen molar-refractivity contribution in [3.05, 3.63) is 133 Å². The number of anilines is 3. The van der Waals surface area contributed by atoms with Crippen LogP contribution in [-0.2, 0) is 0 Å². The molecular formula is C30H20N2OS.